The minimum atomic E-state index is 0.378. The Morgan fingerprint density at radius 1 is 1.33 bits per heavy atom. The fourth-order valence-corrected chi connectivity index (χ4v) is 0.685. The molecule has 0 saturated carbocycles. The number of benzene rings is 1. The number of nitrogen functional groups attached to an aromatic ring is 1. The van der Waals surface area contributed by atoms with Gasteiger partial charge < -0.3 is 5.73 Å². The summed E-state index contributed by atoms with van der Waals surface area (Å²) in [5.41, 5.74) is 7.45. The van der Waals surface area contributed by atoms with Gasteiger partial charge in [0.05, 0.1) is 0 Å². The second-order valence-corrected chi connectivity index (χ2v) is 2.13. The summed E-state index contributed by atoms with van der Waals surface area (Å²) >= 11 is 0. The van der Waals surface area contributed by atoms with Crippen molar-refractivity contribution in [2.24, 2.45) is 5.18 Å². The first-order chi connectivity index (χ1) is 5.74. The zero-order valence-corrected chi connectivity index (χ0v) is 7.66. The molecule has 0 unspecified atom stereocenters. The van der Waals surface area contributed by atoms with Crippen LogP contribution in [0.4, 0.5) is 11.4 Å². The number of nitrogens with two attached hydrogens (primary N) is 1. The molecule has 0 radical (unpaired) electrons. The van der Waals surface area contributed by atoms with Crippen LogP contribution >= 0.6 is 0 Å². The SMILES string of the molecule is CC.Cc1ccc(N=O)cc1N. The van der Waals surface area contributed by atoms with E-state index in [-0.39, 0.29) is 0 Å². The summed E-state index contributed by atoms with van der Waals surface area (Å²) in [5.74, 6) is 0. The molecule has 0 saturated heterocycles. The molecule has 0 aliphatic rings. The number of nitroso groups, excluding NO2 is 1. The number of anilines is 1. The lowest BCUT2D eigenvalue weighted by Gasteiger charge is -1.96. The van der Waals surface area contributed by atoms with Crippen LogP contribution in [0.3, 0.4) is 0 Å². The lowest BCUT2D eigenvalue weighted by Crippen LogP contribution is -1.86. The maximum atomic E-state index is 9.96. The lowest BCUT2D eigenvalue weighted by molar-refractivity contribution is 1.43. The minimum Gasteiger partial charge on any atom is -0.398 e. The van der Waals surface area contributed by atoms with Gasteiger partial charge in [0.2, 0.25) is 0 Å². The number of hydrogen-bond donors (Lipinski definition) is 1. The van der Waals surface area contributed by atoms with Crippen LogP contribution in [-0.2, 0) is 0 Å². The van der Waals surface area contributed by atoms with Crippen LogP contribution in [0.5, 0.6) is 0 Å². The molecular weight excluding hydrogens is 152 g/mol. The minimum absolute atomic E-state index is 0.378. The first kappa shape index (κ1) is 10.6. The first-order valence-corrected chi connectivity index (χ1v) is 3.93. The zero-order chi connectivity index (χ0) is 9.56. The van der Waals surface area contributed by atoms with E-state index in [1.165, 1.54) is 0 Å². The Kier molecular flexibility index (Phi) is 4.69. The quantitative estimate of drug-likeness (QED) is 0.515. The van der Waals surface area contributed by atoms with Crippen LogP contribution < -0.4 is 5.73 Å². The van der Waals surface area contributed by atoms with Crippen molar-refractivity contribution in [2.45, 2.75) is 20.8 Å². The Balaban J connectivity index is 0.000000561. The summed E-state index contributed by atoms with van der Waals surface area (Å²) in [6, 6.07) is 4.97. The molecule has 2 N–H and O–H groups in total. The zero-order valence-electron chi connectivity index (χ0n) is 7.66. The highest BCUT2D eigenvalue weighted by molar-refractivity contribution is 5.55. The average Bonchev–Trinajstić information content (AvgIpc) is 2.13. The van der Waals surface area contributed by atoms with E-state index in [4.69, 9.17) is 5.73 Å². The summed E-state index contributed by atoms with van der Waals surface area (Å²) in [6.07, 6.45) is 0. The van der Waals surface area contributed by atoms with Crippen LogP contribution in [-0.4, -0.2) is 0 Å². The van der Waals surface area contributed by atoms with E-state index in [0.717, 1.165) is 5.56 Å². The Labute approximate surface area is 72.6 Å². The molecule has 0 aliphatic heterocycles. The molecule has 3 heteroatoms. The molecule has 0 aliphatic carbocycles. The van der Waals surface area contributed by atoms with Crippen molar-refractivity contribution in [3.63, 3.8) is 0 Å². The number of rotatable bonds is 1. The highest BCUT2D eigenvalue weighted by atomic mass is 16.3. The second kappa shape index (κ2) is 5.29. The third-order valence-corrected chi connectivity index (χ3v) is 1.37. The molecule has 12 heavy (non-hydrogen) atoms. The molecule has 0 heterocycles. The van der Waals surface area contributed by atoms with Crippen LogP contribution in [0.2, 0.25) is 0 Å². The highest BCUT2D eigenvalue weighted by Crippen LogP contribution is 2.18. The Hall–Kier alpha value is -1.38. The molecule has 0 aromatic heterocycles. The summed E-state index contributed by atoms with van der Waals surface area (Å²) < 4.78 is 0. The molecule has 0 atom stereocenters. The molecule has 0 fully saturated rings. The molecule has 1 aromatic rings. The van der Waals surface area contributed by atoms with Crippen molar-refractivity contribution < 1.29 is 0 Å². The van der Waals surface area contributed by atoms with Gasteiger partial charge in [0, 0.05) is 5.69 Å². The van der Waals surface area contributed by atoms with Gasteiger partial charge >= 0.3 is 0 Å². The molecule has 66 valence electrons. The van der Waals surface area contributed by atoms with Gasteiger partial charge in [0.15, 0.2) is 0 Å². The summed E-state index contributed by atoms with van der Waals surface area (Å²) in [7, 11) is 0. The van der Waals surface area contributed by atoms with Crippen LogP contribution in [0.1, 0.15) is 19.4 Å². The van der Waals surface area contributed by atoms with Crippen LogP contribution in [0, 0.1) is 11.8 Å². The summed E-state index contributed by atoms with van der Waals surface area (Å²) in [5, 5.41) is 2.74. The van der Waals surface area contributed by atoms with Crippen molar-refractivity contribution in [1.29, 1.82) is 0 Å². The van der Waals surface area contributed by atoms with E-state index in [9.17, 15) is 4.91 Å². The van der Waals surface area contributed by atoms with E-state index in [1.54, 1.807) is 18.2 Å². The summed E-state index contributed by atoms with van der Waals surface area (Å²) in [4.78, 5) is 9.96. The van der Waals surface area contributed by atoms with Crippen molar-refractivity contribution in [2.75, 3.05) is 5.73 Å². The van der Waals surface area contributed by atoms with E-state index >= 15 is 0 Å². The Morgan fingerprint density at radius 3 is 2.33 bits per heavy atom. The molecule has 1 rings (SSSR count). The fraction of sp³-hybridized carbons (Fsp3) is 0.333. The van der Waals surface area contributed by atoms with Gasteiger partial charge in [-0.05, 0) is 29.8 Å². The molecular formula is C9H14N2O. The van der Waals surface area contributed by atoms with Gasteiger partial charge in [-0.2, -0.15) is 0 Å². The fourth-order valence-electron chi connectivity index (χ4n) is 0.685. The van der Waals surface area contributed by atoms with Gasteiger partial charge in [-0.25, -0.2) is 0 Å². The van der Waals surface area contributed by atoms with E-state index < -0.39 is 0 Å². The van der Waals surface area contributed by atoms with Gasteiger partial charge in [0.1, 0.15) is 5.69 Å². The maximum Gasteiger partial charge on any atom is 0.110 e. The molecule has 0 spiro atoms. The summed E-state index contributed by atoms with van der Waals surface area (Å²) in [6.45, 7) is 5.88. The molecule has 0 amide bonds. The van der Waals surface area contributed by atoms with Crippen LogP contribution in [0.25, 0.3) is 0 Å². The Bertz CT molecular complexity index is 259. The van der Waals surface area contributed by atoms with Gasteiger partial charge in [-0.15, -0.1) is 4.91 Å². The van der Waals surface area contributed by atoms with E-state index in [1.807, 2.05) is 20.8 Å². The molecule has 3 nitrogen and oxygen atoms in total. The van der Waals surface area contributed by atoms with Crippen LogP contribution in [0.15, 0.2) is 23.4 Å². The number of aryl methyl sites for hydroxylation is 1. The van der Waals surface area contributed by atoms with E-state index in [0.29, 0.717) is 11.4 Å². The lowest BCUT2D eigenvalue weighted by atomic mass is 10.2. The predicted molar refractivity (Wildman–Crippen MR) is 52.4 cm³/mol. The molecule has 1 aromatic carbocycles. The monoisotopic (exact) mass is 166 g/mol. The maximum absolute atomic E-state index is 9.96. The largest absolute Gasteiger partial charge is 0.398 e. The standard InChI is InChI=1S/C7H8N2O.C2H6/c1-5-2-3-6(9-10)4-7(5)8;1-2/h2-4H,8H2,1H3;1-2H3. The van der Waals surface area contributed by atoms with Crippen molar-refractivity contribution in [3.05, 3.63) is 28.7 Å². The van der Waals surface area contributed by atoms with Gasteiger partial charge in [-0.3, -0.25) is 0 Å². The Morgan fingerprint density at radius 2 is 1.92 bits per heavy atom. The molecule has 0 bridgehead atoms. The second-order valence-electron chi connectivity index (χ2n) is 2.13. The third kappa shape index (κ3) is 2.70. The highest BCUT2D eigenvalue weighted by Gasteiger charge is 1.94. The van der Waals surface area contributed by atoms with E-state index in [2.05, 4.69) is 5.18 Å². The number of hydrogen-bond acceptors (Lipinski definition) is 3. The number of nitrogens with zero attached hydrogens (tertiary/aromatic N) is 1. The smallest absolute Gasteiger partial charge is 0.110 e. The predicted octanol–water partition coefficient (Wildman–Crippen LogP) is 3.00. The topological polar surface area (TPSA) is 55.5 Å². The van der Waals surface area contributed by atoms with Gasteiger partial charge in [-0.1, -0.05) is 19.9 Å². The normalized spacial score (nSPS) is 8.25. The van der Waals surface area contributed by atoms with Crippen molar-refractivity contribution in [3.8, 4) is 0 Å². The first-order valence-electron chi connectivity index (χ1n) is 3.93. The average molecular weight is 166 g/mol. The van der Waals surface area contributed by atoms with Gasteiger partial charge in [0.25, 0.3) is 0 Å². The van der Waals surface area contributed by atoms with Crippen molar-refractivity contribution in [1.82, 2.24) is 0 Å². The van der Waals surface area contributed by atoms with Crippen molar-refractivity contribution >= 4 is 11.4 Å². The third-order valence-electron chi connectivity index (χ3n) is 1.37.